The highest BCUT2D eigenvalue weighted by Crippen LogP contribution is 2.63. The molecule has 1 N–H and O–H groups in total. The highest BCUT2D eigenvalue weighted by atomic mass is 19.4. The fourth-order valence-corrected chi connectivity index (χ4v) is 1.26. The predicted octanol–water partition coefficient (Wildman–Crippen LogP) is 4.45. The minimum atomic E-state index is -8.60. The van der Waals surface area contributed by atoms with Crippen LogP contribution in [-0.2, 0) is 4.79 Å². The number of carbonyl (C=O) groups is 1. The van der Waals surface area contributed by atoms with Crippen LogP contribution in [0, 0.1) is 0 Å². The lowest BCUT2D eigenvalue weighted by Gasteiger charge is -2.42. The van der Waals surface area contributed by atoms with Gasteiger partial charge in [-0.05, 0) is 0 Å². The van der Waals surface area contributed by atoms with Crippen molar-refractivity contribution in [1.82, 2.24) is 0 Å². The van der Waals surface area contributed by atoms with E-state index in [0.717, 1.165) is 0 Å². The van der Waals surface area contributed by atoms with E-state index >= 15 is 0 Å². The zero-order chi connectivity index (χ0) is 21.1. The fourth-order valence-electron chi connectivity index (χ4n) is 1.26. The molecule has 0 aromatic carbocycles. The van der Waals surface area contributed by atoms with Gasteiger partial charge in [0, 0.05) is 0 Å². The third-order valence-electron chi connectivity index (χ3n) is 2.67. The zero-order valence-corrected chi connectivity index (χ0v) is 10.5. The first kappa shape index (κ1) is 23.4. The van der Waals surface area contributed by atoms with Gasteiger partial charge in [-0.2, -0.15) is 61.5 Å². The lowest BCUT2D eigenvalue weighted by molar-refractivity contribution is -0.454. The summed E-state index contributed by atoms with van der Waals surface area (Å²) < 4.78 is 187. The van der Waals surface area contributed by atoms with Gasteiger partial charge in [0.1, 0.15) is 0 Å². The van der Waals surface area contributed by atoms with E-state index in [1.54, 1.807) is 0 Å². The van der Waals surface area contributed by atoms with Crippen LogP contribution >= 0.6 is 0 Å². The Kier molecular flexibility index (Phi) is 5.11. The van der Waals surface area contributed by atoms with Crippen LogP contribution in [0.2, 0.25) is 0 Å². The van der Waals surface area contributed by atoms with E-state index in [-0.39, 0.29) is 0 Å². The number of aliphatic carboxylic acids is 1. The molecule has 2 nitrogen and oxygen atoms in total. The average Bonchev–Trinajstić information content (AvgIpc) is 2.33. The Morgan fingerprint density at radius 2 is 0.800 bits per heavy atom. The van der Waals surface area contributed by atoms with Crippen LogP contribution in [-0.4, -0.2) is 52.8 Å². The number of alkyl halides is 15. The number of carboxylic acids is 1. The highest BCUT2D eigenvalue weighted by Gasteiger charge is 2.96. The summed E-state index contributed by atoms with van der Waals surface area (Å²) in [5.41, 5.74) is -8.42. The van der Waals surface area contributed by atoms with Gasteiger partial charge < -0.3 is 5.11 Å². The summed E-state index contributed by atoms with van der Waals surface area (Å²) in [6.07, 6.45) is -16.1. The number of rotatable bonds is 5. The molecule has 0 aromatic rings. The summed E-state index contributed by atoms with van der Waals surface area (Å²) in [5.74, 6) is -36.7. The lowest BCUT2D eigenvalue weighted by Crippen LogP contribution is -2.76. The summed E-state index contributed by atoms with van der Waals surface area (Å²) in [7, 11) is 0. The van der Waals surface area contributed by atoms with E-state index in [0.29, 0.717) is 0 Å². The van der Waals surface area contributed by atoms with Gasteiger partial charge in [0.15, 0.2) is 0 Å². The summed E-state index contributed by atoms with van der Waals surface area (Å²) >= 11 is 0. The van der Waals surface area contributed by atoms with Crippen LogP contribution in [0.3, 0.4) is 0 Å². The van der Waals surface area contributed by atoms with Gasteiger partial charge in [-0.1, -0.05) is 0 Å². The molecule has 0 aliphatic heterocycles. The quantitative estimate of drug-likeness (QED) is 0.676. The Balaban J connectivity index is 6.80. The lowest BCUT2D eigenvalue weighted by atomic mass is 9.86. The van der Waals surface area contributed by atoms with Crippen molar-refractivity contribution in [3.05, 3.63) is 0 Å². The predicted molar refractivity (Wildman–Crippen MR) is 43.4 cm³/mol. The van der Waals surface area contributed by atoms with E-state index in [4.69, 9.17) is 5.11 Å². The van der Waals surface area contributed by atoms with Gasteiger partial charge >= 0.3 is 47.7 Å². The molecule has 0 atom stereocenters. The number of carboxylic acid groups (broad SMARTS) is 1. The molecule has 0 saturated heterocycles. The normalized spacial score (nSPS) is 16.1. The molecule has 0 amide bonds. The maximum Gasteiger partial charge on any atom is 0.438 e. The molecule has 0 bridgehead atoms. The highest BCUT2D eigenvalue weighted by molar-refractivity contribution is 5.77. The average molecular weight is 414 g/mol. The molecule has 0 saturated carbocycles. The standard InChI is InChI=1S/C8HF15O2/c9-2(10,1(24)25)4(12,13)6(16,17)5(14,15)3(11,7(18,19)20)8(21,22)23/h(H,24,25). The van der Waals surface area contributed by atoms with Crippen LogP contribution in [0.4, 0.5) is 65.9 Å². The molecule has 0 aliphatic rings. The van der Waals surface area contributed by atoms with E-state index in [1.807, 2.05) is 0 Å². The number of hydrogen-bond acceptors (Lipinski definition) is 1. The first-order valence-electron chi connectivity index (χ1n) is 5.01. The monoisotopic (exact) mass is 414 g/mol. The summed E-state index contributed by atoms with van der Waals surface area (Å²) in [6, 6.07) is 0. The maximum absolute atomic E-state index is 13.0. The minimum Gasteiger partial charge on any atom is -0.477 e. The molecule has 0 aromatic heterocycles. The van der Waals surface area contributed by atoms with Gasteiger partial charge in [0.05, 0.1) is 0 Å². The third kappa shape index (κ3) is 2.74. The molecule has 150 valence electrons. The second-order valence-electron chi connectivity index (χ2n) is 4.26. The maximum atomic E-state index is 13.0. The van der Waals surface area contributed by atoms with Crippen molar-refractivity contribution in [2.24, 2.45) is 0 Å². The van der Waals surface area contributed by atoms with Crippen molar-refractivity contribution in [1.29, 1.82) is 0 Å². The van der Waals surface area contributed by atoms with E-state index < -0.39 is 47.7 Å². The van der Waals surface area contributed by atoms with Gasteiger partial charge in [0.2, 0.25) is 0 Å². The van der Waals surface area contributed by atoms with Crippen molar-refractivity contribution in [3.8, 4) is 0 Å². The molecular weight excluding hydrogens is 413 g/mol. The van der Waals surface area contributed by atoms with Crippen LogP contribution in [0.15, 0.2) is 0 Å². The van der Waals surface area contributed by atoms with Gasteiger partial charge in [-0.25, -0.2) is 9.18 Å². The first-order valence-corrected chi connectivity index (χ1v) is 5.01. The summed E-state index contributed by atoms with van der Waals surface area (Å²) in [6.45, 7) is 0. The number of halogens is 15. The Morgan fingerprint density at radius 1 is 0.520 bits per heavy atom. The molecule has 0 rings (SSSR count). The molecule has 0 radical (unpaired) electrons. The van der Waals surface area contributed by atoms with Crippen molar-refractivity contribution in [3.63, 3.8) is 0 Å². The molecule has 25 heavy (non-hydrogen) atoms. The minimum absolute atomic E-state index is 4.31. The second kappa shape index (κ2) is 5.46. The Morgan fingerprint density at radius 3 is 1.00 bits per heavy atom. The molecule has 0 spiro atoms. The van der Waals surface area contributed by atoms with E-state index in [9.17, 15) is 70.7 Å². The van der Waals surface area contributed by atoms with Crippen molar-refractivity contribution in [2.75, 3.05) is 0 Å². The Bertz CT molecular complexity index is 513. The van der Waals surface area contributed by atoms with Crippen LogP contribution < -0.4 is 0 Å². The molecule has 17 heteroatoms. The summed E-state index contributed by atoms with van der Waals surface area (Å²) in [5, 5.41) is 7.58. The van der Waals surface area contributed by atoms with Crippen LogP contribution in [0.5, 0.6) is 0 Å². The van der Waals surface area contributed by atoms with Crippen molar-refractivity contribution < 1.29 is 75.8 Å². The van der Waals surface area contributed by atoms with Crippen LogP contribution in [0.1, 0.15) is 0 Å². The SMILES string of the molecule is O=C(O)C(F)(F)C(F)(F)C(F)(F)C(F)(F)C(F)(C(F)(F)F)C(F)(F)F. The molecule has 0 unspecified atom stereocenters. The first-order chi connectivity index (χ1) is 10.4. The number of hydrogen-bond donors (Lipinski definition) is 1. The van der Waals surface area contributed by atoms with Gasteiger partial charge in [-0.3, -0.25) is 0 Å². The van der Waals surface area contributed by atoms with Crippen molar-refractivity contribution >= 4 is 5.97 Å². The smallest absolute Gasteiger partial charge is 0.438 e. The Labute approximate surface area is 125 Å². The second-order valence-corrected chi connectivity index (χ2v) is 4.26. The molecule has 0 heterocycles. The molecule has 0 aliphatic carbocycles. The van der Waals surface area contributed by atoms with Gasteiger partial charge in [-0.15, -0.1) is 0 Å². The third-order valence-corrected chi connectivity index (χ3v) is 2.67. The summed E-state index contributed by atoms with van der Waals surface area (Å²) in [4.78, 5) is 9.74. The zero-order valence-electron chi connectivity index (χ0n) is 10.5. The largest absolute Gasteiger partial charge is 0.477 e. The molecular formula is C8HF15O2. The fraction of sp³-hybridized carbons (Fsp3) is 0.875. The van der Waals surface area contributed by atoms with E-state index in [1.165, 1.54) is 0 Å². The van der Waals surface area contributed by atoms with Crippen LogP contribution in [0.25, 0.3) is 0 Å². The van der Waals surface area contributed by atoms with Gasteiger partial charge in [0.25, 0.3) is 0 Å². The Hall–Kier alpha value is -1.58. The van der Waals surface area contributed by atoms with E-state index in [2.05, 4.69) is 0 Å². The topological polar surface area (TPSA) is 37.3 Å². The molecule has 0 fully saturated rings. The van der Waals surface area contributed by atoms with Crippen molar-refractivity contribution in [2.45, 2.75) is 41.7 Å².